The SMILES string of the molecule is C=CCN(Cc1cccc(N)c1)C1CC1. The number of hydrogen-bond donors (Lipinski definition) is 1. The Labute approximate surface area is 91.4 Å². The van der Waals surface area contributed by atoms with Crippen LogP contribution in [-0.4, -0.2) is 17.5 Å². The van der Waals surface area contributed by atoms with E-state index in [1.54, 1.807) is 0 Å². The Kier molecular flexibility index (Phi) is 3.07. The van der Waals surface area contributed by atoms with Crippen molar-refractivity contribution in [2.75, 3.05) is 12.3 Å². The first kappa shape index (κ1) is 10.2. The van der Waals surface area contributed by atoms with Gasteiger partial charge in [-0.1, -0.05) is 18.2 Å². The van der Waals surface area contributed by atoms with E-state index in [9.17, 15) is 0 Å². The molecule has 0 heterocycles. The minimum Gasteiger partial charge on any atom is -0.399 e. The molecule has 1 saturated carbocycles. The summed E-state index contributed by atoms with van der Waals surface area (Å²) < 4.78 is 0. The molecule has 1 aromatic rings. The van der Waals surface area contributed by atoms with E-state index in [0.29, 0.717) is 0 Å². The molecule has 2 nitrogen and oxygen atoms in total. The van der Waals surface area contributed by atoms with Crippen LogP contribution in [0.4, 0.5) is 5.69 Å². The highest BCUT2D eigenvalue weighted by Crippen LogP contribution is 2.28. The van der Waals surface area contributed by atoms with Crippen LogP contribution in [0, 0.1) is 0 Å². The Balaban J connectivity index is 2.01. The van der Waals surface area contributed by atoms with Crippen LogP contribution in [0.25, 0.3) is 0 Å². The number of rotatable bonds is 5. The maximum Gasteiger partial charge on any atom is 0.0317 e. The molecular formula is C13H18N2. The van der Waals surface area contributed by atoms with Crippen molar-refractivity contribution in [2.24, 2.45) is 0 Å². The van der Waals surface area contributed by atoms with E-state index in [0.717, 1.165) is 24.8 Å². The number of benzene rings is 1. The summed E-state index contributed by atoms with van der Waals surface area (Å²) in [6.07, 6.45) is 4.64. The molecule has 1 aliphatic rings. The molecule has 0 atom stereocenters. The van der Waals surface area contributed by atoms with Gasteiger partial charge in [0.15, 0.2) is 0 Å². The second kappa shape index (κ2) is 4.49. The predicted molar refractivity (Wildman–Crippen MR) is 64.5 cm³/mol. The number of nitrogens with zero attached hydrogens (tertiary/aromatic N) is 1. The molecule has 80 valence electrons. The first-order valence-corrected chi connectivity index (χ1v) is 5.49. The molecule has 1 aromatic carbocycles. The first-order chi connectivity index (χ1) is 7.29. The monoisotopic (exact) mass is 202 g/mol. The third kappa shape index (κ3) is 2.83. The van der Waals surface area contributed by atoms with Crippen LogP contribution in [0.3, 0.4) is 0 Å². The smallest absolute Gasteiger partial charge is 0.0317 e. The summed E-state index contributed by atoms with van der Waals surface area (Å²) in [4.78, 5) is 2.46. The number of anilines is 1. The summed E-state index contributed by atoms with van der Waals surface area (Å²) in [5, 5.41) is 0. The standard InChI is InChI=1S/C13H18N2/c1-2-8-15(13-6-7-13)10-11-4-3-5-12(14)9-11/h2-5,9,13H,1,6-8,10,14H2. The zero-order valence-corrected chi connectivity index (χ0v) is 9.02. The minimum atomic E-state index is 0.768. The Morgan fingerprint density at radius 3 is 2.87 bits per heavy atom. The Bertz CT molecular complexity index is 342. The molecule has 0 saturated heterocycles. The summed E-state index contributed by atoms with van der Waals surface area (Å²) in [6.45, 7) is 5.76. The molecule has 0 aliphatic heterocycles. The number of nitrogens with two attached hydrogens (primary N) is 1. The van der Waals surface area contributed by atoms with Crippen molar-refractivity contribution >= 4 is 5.69 Å². The average molecular weight is 202 g/mol. The molecule has 1 fully saturated rings. The van der Waals surface area contributed by atoms with Gasteiger partial charge in [-0.3, -0.25) is 4.90 Å². The van der Waals surface area contributed by atoms with Crippen molar-refractivity contribution in [1.82, 2.24) is 4.90 Å². The fourth-order valence-electron chi connectivity index (χ4n) is 1.87. The Morgan fingerprint density at radius 2 is 2.27 bits per heavy atom. The topological polar surface area (TPSA) is 29.3 Å². The summed E-state index contributed by atoms with van der Waals surface area (Å²) in [5.41, 5.74) is 7.91. The van der Waals surface area contributed by atoms with Gasteiger partial charge in [0.2, 0.25) is 0 Å². The maximum absolute atomic E-state index is 5.76. The molecule has 1 aliphatic carbocycles. The highest BCUT2D eigenvalue weighted by molar-refractivity contribution is 5.40. The minimum absolute atomic E-state index is 0.768. The van der Waals surface area contributed by atoms with Crippen LogP contribution in [0.2, 0.25) is 0 Å². The molecule has 0 radical (unpaired) electrons. The van der Waals surface area contributed by atoms with Gasteiger partial charge < -0.3 is 5.73 Å². The van der Waals surface area contributed by atoms with Gasteiger partial charge >= 0.3 is 0 Å². The van der Waals surface area contributed by atoms with Crippen LogP contribution in [0.5, 0.6) is 0 Å². The average Bonchev–Trinajstić information content (AvgIpc) is 3.00. The molecule has 0 amide bonds. The first-order valence-electron chi connectivity index (χ1n) is 5.49. The van der Waals surface area contributed by atoms with Crippen LogP contribution < -0.4 is 5.73 Å². The number of nitrogen functional groups attached to an aromatic ring is 1. The van der Waals surface area contributed by atoms with Gasteiger partial charge in [-0.2, -0.15) is 0 Å². The lowest BCUT2D eigenvalue weighted by molar-refractivity contribution is 0.284. The van der Waals surface area contributed by atoms with Gasteiger partial charge in [-0.05, 0) is 30.5 Å². The van der Waals surface area contributed by atoms with Crippen LogP contribution in [-0.2, 0) is 6.54 Å². The third-order valence-electron chi connectivity index (χ3n) is 2.76. The van der Waals surface area contributed by atoms with E-state index in [2.05, 4.69) is 23.6 Å². The van der Waals surface area contributed by atoms with Crippen molar-refractivity contribution in [1.29, 1.82) is 0 Å². The lowest BCUT2D eigenvalue weighted by atomic mass is 10.2. The zero-order chi connectivity index (χ0) is 10.7. The predicted octanol–water partition coefficient (Wildman–Crippen LogP) is 2.42. The van der Waals surface area contributed by atoms with Gasteiger partial charge in [0.1, 0.15) is 0 Å². The summed E-state index contributed by atoms with van der Waals surface area (Å²) in [7, 11) is 0. The molecule has 2 heteroatoms. The molecule has 0 unspecified atom stereocenters. The summed E-state index contributed by atoms with van der Waals surface area (Å²) >= 11 is 0. The van der Waals surface area contributed by atoms with Crippen molar-refractivity contribution in [2.45, 2.75) is 25.4 Å². The van der Waals surface area contributed by atoms with Crippen LogP contribution in [0.1, 0.15) is 18.4 Å². The largest absolute Gasteiger partial charge is 0.399 e. The van der Waals surface area contributed by atoms with Gasteiger partial charge in [-0.25, -0.2) is 0 Å². The Morgan fingerprint density at radius 1 is 1.47 bits per heavy atom. The van der Waals surface area contributed by atoms with E-state index in [4.69, 9.17) is 5.73 Å². The lowest BCUT2D eigenvalue weighted by Crippen LogP contribution is -2.25. The highest BCUT2D eigenvalue weighted by Gasteiger charge is 2.27. The second-order valence-electron chi connectivity index (χ2n) is 4.19. The van der Waals surface area contributed by atoms with E-state index in [1.165, 1.54) is 18.4 Å². The normalized spacial score (nSPS) is 15.5. The van der Waals surface area contributed by atoms with E-state index < -0.39 is 0 Å². The number of hydrogen-bond acceptors (Lipinski definition) is 2. The van der Waals surface area contributed by atoms with Crippen LogP contribution >= 0.6 is 0 Å². The third-order valence-corrected chi connectivity index (χ3v) is 2.76. The fourth-order valence-corrected chi connectivity index (χ4v) is 1.87. The highest BCUT2D eigenvalue weighted by atomic mass is 15.2. The summed E-state index contributed by atoms with van der Waals surface area (Å²) in [5.74, 6) is 0. The van der Waals surface area contributed by atoms with E-state index in [1.807, 2.05) is 18.2 Å². The van der Waals surface area contributed by atoms with Crippen molar-refractivity contribution in [3.63, 3.8) is 0 Å². The fraction of sp³-hybridized carbons (Fsp3) is 0.385. The van der Waals surface area contributed by atoms with Gasteiger partial charge in [0.25, 0.3) is 0 Å². The van der Waals surface area contributed by atoms with Gasteiger partial charge in [0.05, 0.1) is 0 Å². The molecule has 2 rings (SSSR count). The Hall–Kier alpha value is -1.28. The van der Waals surface area contributed by atoms with Gasteiger partial charge in [-0.15, -0.1) is 6.58 Å². The van der Waals surface area contributed by atoms with Crippen molar-refractivity contribution in [3.05, 3.63) is 42.5 Å². The molecule has 15 heavy (non-hydrogen) atoms. The summed E-state index contributed by atoms with van der Waals surface area (Å²) in [6, 6.07) is 8.90. The van der Waals surface area contributed by atoms with E-state index >= 15 is 0 Å². The molecule has 0 spiro atoms. The van der Waals surface area contributed by atoms with Gasteiger partial charge in [0, 0.05) is 24.8 Å². The molecular weight excluding hydrogens is 184 g/mol. The zero-order valence-electron chi connectivity index (χ0n) is 9.02. The van der Waals surface area contributed by atoms with Crippen molar-refractivity contribution < 1.29 is 0 Å². The maximum atomic E-state index is 5.76. The molecule has 2 N–H and O–H groups in total. The molecule has 0 aromatic heterocycles. The van der Waals surface area contributed by atoms with Crippen molar-refractivity contribution in [3.8, 4) is 0 Å². The van der Waals surface area contributed by atoms with Crippen LogP contribution in [0.15, 0.2) is 36.9 Å². The van der Waals surface area contributed by atoms with E-state index in [-0.39, 0.29) is 0 Å². The molecule has 0 bridgehead atoms. The second-order valence-corrected chi connectivity index (χ2v) is 4.19. The quantitative estimate of drug-likeness (QED) is 0.587. The lowest BCUT2D eigenvalue weighted by Gasteiger charge is -2.20.